The Balaban J connectivity index is 1.99. The van der Waals surface area contributed by atoms with Gasteiger partial charge in [0.05, 0.1) is 12.0 Å². The Morgan fingerprint density at radius 1 is 1.12 bits per heavy atom. The summed E-state index contributed by atoms with van der Waals surface area (Å²) in [5.74, 6) is 0.243. The maximum Gasteiger partial charge on any atom is 0.270 e. The van der Waals surface area contributed by atoms with Crippen LogP contribution in [0.3, 0.4) is 0 Å². The van der Waals surface area contributed by atoms with Gasteiger partial charge < -0.3 is 4.74 Å². The van der Waals surface area contributed by atoms with E-state index in [9.17, 15) is 14.5 Å². The van der Waals surface area contributed by atoms with Crippen LogP contribution in [-0.4, -0.2) is 17.0 Å². The summed E-state index contributed by atoms with van der Waals surface area (Å²) in [6.07, 6.45) is 0.520. The van der Waals surface area contributed by atoms with Crippen molar-refractivity contribution in [2.75, 3.05) is 7.11 Å². The molecule has 0 fully saturated rings. The number of non-ortho nitro benzene ring substituents is 1. The highest BCUT2D eigenvalue weighted by molar-refractivity contribution is 5.68. The zero-order valence-corrected chi connectivity index (χ0v) is 13.5. The summed E-state index contributed by atoms with van der Waals surface area (Å²) in [7, 11) is 1.53. The first-order valence-electron chi connectivity index (χ1n) is 7.60. The average molecular weight is 338 g/mol. The number of aromatic nitrogens is 1. The Morgan fingerprint density at radius 3 is 2.56 bits per heavy atom. The molecule has 0 amide bonds. The lowest BCUT2D eigenvalue weighted by molar-refractivity contribution is -0.384. The third kappa shape index (κ3) is 3.80. The highest BCUT2D eigenvalue weighted by Gasteiger charge is 2.13. The van der Waals surface area contributed by atoms with E-state index in [1.165, 1.54) is 31.4 Å². The van der Waals surface area contributed by atoms with E-state index in [2.05, 4.69) is 4.98 Å². The number of nitro groups is 1. The molecule has 0 aliphatic carbocycles. The van der Waals surface area contributed by atoms with Crippen molar-refractivity contribution in [3.63, 3.8) is 0 Å². The Labute approximate surface area is 143 Å². The highest BCUT2D eigenvalue weighted by atomic mass is 19.1. The molecule has 0 aliphatic heterocycles. The summed E-state index contributed by atoms with van der Waals surface area (Å²) < 4.78 is 18.4. The Hall–Kier alpha value is -3.28. The number of hydrogen-bond donors (Lipinski definition) is 0. The minimum absolute atomic E-state index is 0.00899. The van der Waals surface area contributed by atoms with Crippen LogP contribution in [0.15, 0.2) is 60.7 Å². The quantitative estimate of drug-likeness (QED) is 0.511. The van der Waals surface area contributed by atoms with Crippen molar-refractivity contribution < 1.29 is 14.1 Å². The lowest BCUT2D eigenvalue weighted by atomic mass is 10.1. The Morgan fingerprint density at radius 2 is 1.88 bits per heavy atom. The van der Waals surface area contributed by atoms with Gasteiger partial charge in [-0.05, 0) is 29.8 Å². The Bertz CT molecular complexity index is 911. The standard InChI is InChI=1S/C19H15FN2O3/c1-25-18-10-9-16(11-13-5-7-15(20)8-6-13)21-19(18)14-3-2-4-17(12-14)22(23)24/h2-10,12H,11H2,1H3. The summed E-state index contributed by atoms with van der Waals surface area (Å²) in [4.78, 5) is 15.1. The minimum atomic E-state index is -0.446. The molecule has 0 N–H and O–H groups in total. The minimum Gasteiger partial charge on any atom is -0.494 e. The van der Waals surface area contributed by atoms with Gasteiger partial charge in [-0.2, -0.15) is 0 Å². The van der Waals surface area contributed by atoms with Crippen LogP contribution in [0.5, 0.6) is 5.75 Å². The fraction of sp³-hybridized carbons (Fsp3) is 0.105. The topological polar surface area (TPSA) is 65.3 Å². The number of methoxy groups -OCH3 is 1. The molecule has 0 atom stereocenters. The van der Waals surface area contributed by atoms with Crippen LogP contribution in [0.25, 0.3) is 11.3 Å². The lowest BCUT2D eigenvalue weighted by Gasteiger charge is -2.10. The highest BCUT2D eigenvalue weighted by Crippen LogP contribution is 2.30. The van der Waals surface area contributed by atoms with Gasteiger partial charge in [0.2, 0.25) is 0 Å². The lowest BCUT2D eigenvalue weighted by Crippen LogP contribution is -1.98. The maximum absolute atomic E-state index is 13.0. The number of halogens is 1. The summed E-state index contributed by atoms with van der Waals surface area (Å²) in [5.41, 5.74) is 2.81. The third-order valence-corrected chi connectivity index (χ3v) is 3.76. The van der Waals surface area contributed by atoms with Crippen LogP contribution in [-0.2, 0) is 6.42 Å². The third-order valence-electron chi connectivity index (χ3n) is 3.76. The summed E-state index contributed by atoms with van der Waals surface area (Å²) in [6.45, 7) is 0. The van der Waals surface area contributed by atoms with Crippen molar-refractivity contribution >= 4 is 5.69 Å². The SMILES string of the molecule is COc1ccc(Cc2ccc(F)cc2)nc1-c1cccc([N+](=O)[O-])c1. The van der Waals surface area contributed by atoms with E-state index in [0.29, 0.717) is 23.4 Å². The first kappa shape index (κ1) is 16.6. The number of ether oxygens (including phenoxy) is 1. The molecular weight excluding hydrogens is 323 g/mol. The molecule has 0 bridgehead atoms. The van der Waals surface area contributed by atoms with E-state index in [-0.39, 0.29) is 11.5 Å². The van der Waals surface area contributed by atoms with Crippen molar-refractivity contribution in [1.29, 1.82) is 0 Å². The van der Waals surface area contributed by atoms with Crippen molar-refractivity contribution in [1.82, 2.24) is 4.98 Å². The van der Waals surface area contributed by atoms with Gasteiger partial charge in [-0.25, -0.2) is 9.37 Å². The summed E-state index contributed by atoms with van der Waals surface area (Å²) in [6, 6.07) is 16.1. The predicted molar refractivity (Wildman–Crippen MR) is 92.1 cm³/mol. The van der Waals surface area contributed by atoms with E-state index in [0.717, 1.165) is 11.3 Å². The number of benzene rings is 2. The molecule has 5 nitrogen and oxygen atoms in total. The second kappa shape index (κ2) is 7.09. The monoisotopic (exact) mass is 338 g/mol. The molecule has 0 unspecified atom stereocenters. The fourth-order valence-electron chi connectivity index (χ4n) is 2.53. The second-order valence-electron chi connectivity index (χ2n) is 5.46. The maximum atomic E-state index is 13.0. The van der Waals surface area contributed by atoms with E-state index in [4.69, 9.17) is 4.74 Å². The largest absolute Gasteiger partial charge is 0.494 e. The number of hydrogen-bond acceptors (Lipinski definition) is 4. The van der Waals surface area contributed by atoms with Crippen LogP contribution in [0.1, 0.15) is 11.3 Å². The van der Waals surface area contributed by atoms with E-state index < -0.39 is 4.92 Å². The molecule has 0 saturated heterocycles. The Kier molecular flexibility index (Phi) is 4.70. The van der Waals surface area contributed by atoms with Crippen LogP contribution in [0.4, 0.5) is 10.1 Å². The number of nitro benzene ring substituents is 1. The molecule has 3 rings (SSSR count). The zero-order valence-electron chi connectivity index (χ0n) is 13.5. The fourth-order valence-corrected chi connectivity index (χ4v) is 2.53. The smallest absolute Gasteiger partial charge is 0.270 e. The molecule has 3 aromatic rings. The van der Waals surface area contributed by atoms with Gasteiger partial charge in [-0.1, -0.05) is 24.3 Å². The first-order chi connectivity index (χ1) is 12.1. The van der Waals surface area contributed by atoms with E-state index >= 15 is 0 Å². The number of pyridine rings is 1. The molecule has 0 saturated carbocycles. The molecule has 2 aromatic carbocycles. The van der Waals surface area contributed by atoms with E-state index in [1.54, 1.807) is 30.3 Å². The molecule has 0 spiro atoms. The van der Waals surface area contributed by atoms with E-state index in [1.807, 2.05) is 6.07 Å². The van der Waals surface area contributed by atoms with Crippen LogP contribution < -0.4 is 4.74 Å². The van der Waals surface area contributed by atoms with Gasteiger partial charge in [0.15, 0.2) is 0 Å². The molecule has 6 heteroatoms. The van der Waals surface area contributed by atoms with Gasteiger partial charge >= 0.3 is 0 Å². The summed E-state index contributed by atoms with van der Waals surface area (Å²) >= 11 is 0. The molecule has 1 heterocycles. The molecule has 25 heavy (non-hydrogen) atoms. The van der Waals surface area contributed by atoms with Gasteiger partial charge in [0.25, 0.3) is 5.69 Å². The first-order valence-corrected chi connectivity index (χ1v) is 7.60. The van der Waals surface area contributed by atoms with Crippen LogP contribution in [0.2, 0.25) is 0 Å². The number of nitrogens with zero attached hydrogens (tertiary/aromatic N) is 2. The molecule has 0 aliphatic rings. The van der Waals surface area contributed by atoms with Crippen molar-refractivity contribution in [2.24, 2.45) is 0 Å². The van der Waals surface area contributed by atoms with Gasteiger partial charge in [0.1, 0.15) is 17.3 Å². The normalized spacial score (nSPS) is 10.5. The van der Waals surface area contributed by atoms with Gasteiger partial charge in [-0.3, -0.25) is 10.1 Å². The predicted octanol–water partition coefficient (Wildman–Crippen LogP) is 4.40. The van der Waals surface area contributed by atoms with Gasteiger partial charge in [0, 0.05) is 29.8 Å². The summed E-state index contributed by atoms with van der Waals surface area (Å²) in [5, 5.41) is 11.0. The van der Waals surface area contributed by atoms with Crippen molar-refractivity contribution in [3.05, 3.63) is 87.9 Å². The second-order valence-corrected chi connectivity index (χ2v) is 5.46. The van der Waals surface area contributed by atoms with Crippen molar-refractivity contribution in [2.45, 2.75) is 6.42 Å². The molecule has 126 valence electrons. The number of rotatable bonds is 5. The average Bonchev–Trinajstić information content (AvgIpc) is 2.63. The molecular formula is C19H15FN2O3. The van der Waals surface area contributed by atoms with Crippen LogP contribution >= 0.6 is 0 Å². The van der Waals surface area contributed by atoms with Gasteiger partial charge in [-0.15, -0.1) is 0 Å². The molecule has 1 aromatic heterocycles. The van der Waals surface area contributed by atoms with Crippen molar-refractivity contribution in [3.8, 4) is 17.0 Å². The zero-order chi connectivity index (χ0) is 17.8. The molecule has 0 radical (unpaired) electrons. The van der Waals surface area contributed by atoms with Crippen LogP contribution in [0, 0.1) is 15.9 Å².